The number of nitrogens with two attached hydrogens (primary N) is 1. The number of nitrogen functional groups attached to an aromatic ring is 1. The van der Waals surface area contributed by atoms with Crippen molar-refractivity contribution in [2.75, 3.05) is 10.6 Å². The van der Waals surface area contributed by atoms with Crippen molar-refractivity contribution in [1.82, 2.24) is 0 Å². The Labute approximate surface area is 99.5 Å². The molecule has 2 unspecified atom stereocenters. The second-order valence-electron chi connectivity index (χ2n) is 4.51. The summed E-state index contributed by atoms with van der Waals surface area (Å²) >= 11 is 0. The molecule has 0 radical (unpaired) electrons. The van der Waals surface area contributed by atoms with Crippen LogP contribution in [-0.4, -0.2) is 12.1 Å². The van der Waals surface area contributed by atoms with Crippen molar-refractivity contribution < 1.29 is 0 Å². The lowest BCUT2D eigenvalue weighted by atomic mass is 10.1. The number of hydrogen-bond acceptors (Lipinski definition) is 2. The van der Waals surface area contributed by atoms with E-state index in [1.807, 2.05) is 12.1 Å². The van der Waals surface area contributed by atoms with E-state index in [1.165, 1.54) is 5.69 Å². The van der Waals surface area contributed by atoms with Gasteiger partial charge in [0.25, 0.3) is 0 Å². The molecule has 0 aromatic heterocycles. The SMILES string of the molecule is CCC(C)N(c1ccc(N)cc1)C(C)CC. The Bertz CT molecular complexity index is 295. The lowest BCUT2D eigenvalue weighted by Gasteiger charge is -2.36. The van der Waals surface area contributed by atoms with Crippen LogP contribution >= 0.6 is 0 Å². The summed E-state index contributed by atoms with van der Waals surface area (Å²) in [5, 5.41) is 0. The fourth-order valence-electron chi connectivity index (χ4n) is 1.98. The molecule has 90 valence electrons. The van der Waals surface area contributed by atoms with E-state index in [9.17, 15) is 0 Å². The van der Waals surface area contributed by atoms with Gasteiger partial charge >= 0.3 is 0 Å². The standard InChI is InChI=1S/C14H24N2/c1-5-11(3)16(12(4)6-2)14-9-7-13(15)8-10-14/h7-12H,5-6,15H2,1-4H3. The third-order valence-electron chi connectivity index (χ3n) is 3.32. The third kappa shape index (κ3) is 2.91. The molecular weight excluding hydrogens is 196 g/mol. The number of benzene rings is 1. The first kappa shape index (κ1) is 12.9. The summed E-state index contributed by atoms with van der Waals surface area (Å²) in [6, 6.07) is 9.33. The second-order valence-corrected chi connectivity index (χ2v) is 4.51. The zero-order valence-electron chi connectivity index (χ0n) is 10.9. The van der Waals surface area contributed by atoms with Crippen molar-refractivity contribution in [3.05, 3.63) is 24.3 Å². The van der Waals surface area contributed by atoms with Gasteiger partial charge in [0.15, 0.2) is 0 Å². The van der Waals surface area contributed by atoms with Gasteiger partial charge in [-0.25, -0.2) is 0 Å². The van der Waals surface area contributed by atoms with Crippen LogP contribution in [0.25, 0.3) is 0 Å². The molecule has 2 heteroatoms. The first-order chi connectivity index (χ1) is 7.60. The van der Waals surface area contributed by atoms with E-state index >= 15 is 0 Å². The molecule has 2 nitrogen and oxygen atoms in total. The summed E-state index contributed by atoms with van der Waals surface area (Å²) < 4.78 is 0. The van der Waals surface area contributed by atoms with Gasteiger partial charge in [-0.2, -0.15) is 0 Å². The molecule has 0 bridgehead atoms. The molecule has 1 aromatic carbocycles. The highest BCUT2D eigenvalue weighted by molar-refractivity contribution is 5.54. The molecular formula is C14H24N2. The summed E-state index contributed by atoms with van der Waals surface area (Å²) in [5.41, 5.74) is 7.83. The summed E-state index contributed by atoms with van der Waals surface area (Å²) in [7, 11) is 0. The zero-order valence-corrected chi connectivity index (χ0v) is 10.9. The van der Waals surface area contributed by atoms with Crippen LogP contribution < -0.4 is 10.6 Å². The van der Waals surface area contributed by atoms with Gasteiger partial charge in [-0.15, -0.1) is 0 Å². The van der Waals surface area contributed by atoms with Crippen LogP contribution in [0.1, 0.15) is 40.5 Å². The molecule has 0 saturated carbocycles. The second kappa shape index (κ2) is 5.78. The fourth-order valence-corrected chi connectivity index (χ4v) is 1.98. The van der Waals surface area contributed by atoms with E-state index in [0.29, 0.717) is 12.1 Å². The van der Waals surface area contributed by atoms with Gasteiger partial charge in [-0.05, 0) is 51.0 Å². The van der Waals surface area contributed by atoms with Crippen LogP contribution in [0.2, 0.25) is 0 Å². The number of nitrogens with zero attached hydrogens (tertiary/aromatic N) is 1. The van der Waals surface area contributed by atoms with Crippen molar-refractivity contribution >= 4 is 11.4 Å². The molecule has 0 spiro atoms. The summed E-state index contributed by atoms with van der Waals surface area (Å²) in [5.74, 6) is 0. The van der Waals surface area contributed by atoms with E-state index in [4.69, 9.17) is 5.73 Å². The minimum atomic E-state index is 0.568. The molecule has 1 rings (SSSR count). The van der Waals surface area contributed by atoms with Gasteiger partial charge in [0, 0.05) is 23.5 Å². The Balaban J connectivity index is 2.96. The van der Waals surface area contributed by atoms with Gasteiger partial charge in [-0.1, -0.05) is 13.8 Å². The van der Waals surface area contributed by atoms with Crippen molar-refractivity contribution in [2.45, 2.75) is 52.6 Å². The molecule has 0 saturated heterocycles. The van der Waals surface area contributed by atoms with Crippen LogP contribution in [0.5, 0.6) is 0 Å². The Morgan fingerprint density at radius 2 is 1.44 bits per heavy atom. The van der Waals surface area contributed by atoms with Crippen molar-refractivity contribution in [2.24, 2.45) is 0 Å². The highest BCUT2D eigenvalue weighted by Crippen LogP contribution is 2.23. The van der Waals surface area contributed by atoms with Gasteiger partial charge in [0.05, 0.1) is 0 Å². The average molecular weight is 220 g/mol. The van der Waals surface area contributed by atoms with Crippen LogP contribution in [0, 0.1) is 0 Å². The van der Waals surface area contributed by atoms with Crippen molar-refractivity contribution in [3.8, 4) is 0 Å². The molecule has 0 fully saturated rings. The Morgan fingerprint density at radius 3 is 1.81 bits per heavy atom. The molecule has 0 aliphatic heterocycles. The first-order valence-electron chi connectivity index (χ1n) is 6.24. The molecule has 16 heavy (non-hydrogen) atoms. The first-order valence-corrected chi connectivity index (χ1v) is 6.24. The molecule has 2 atom stereocenters. The normalized spacial score (nSPS) is 14.5. The summed E-state index contributed by atoms with van der Waals surface area (Å²) in [6.45, 7) is 9.03. The Kier molecular flexibility index (Phi) is 4.66. The number of anilines is 2. The quantitative estimate of drug-likeness (QED) is 0.767. The van der Waals surface area contributed by atoms with Crippen LogP contribution in [0.3, 0.4) is 0 Å². The van der Waals surface area contributed by atoms with Crippen molar-refractivity contribution in [1.29, 1.82) is 0 Å². The lowest BCUT2D eigenvalue weighted by Crippen LogP contribution is -2.39. The largest absolute Gasteiger partial charge is 0.399 e. The topological polar surface area (TPSA) is 29.3 Å². The molecule has 0 aliphatic rings. The number of hydrogen-bond donors (Lipinski definition) is 1. The fraction of sp³-hybridized carbons (Fsp3) is 0.571. The Morgan fingerprint density at radius 1 is 1.00 bits per heavy atom. The zero-order chi connectivity index (χ0) is 12.1. The van der Waals surface area contributed by atoms with Crippen LogP contribution in [-0.2, 0) is 0 Å². The van der Waals surface area contributed by atoms with Gasteiger partial charge < -0.3 is 10.6 Å². The number of rotatable bonds is 5. The summed E-state index contributed by atoms with van der Waals surface area (Å²) in [6.07, 6.45) is 2.32. The van der Waals surface area contributed by atoms with E-state index in [0.717, 1.165) is 18.5 Å². The van der Waals surface area contributed by atoms with Gasteiger partial charge in [0.1, 0.15) is 0 Å². The van der Waals surface area contributed by atoms with E-state index in [1.54, 1.807) is 0 Å². The van der Waals surface area contributed by atoms with E-state index in [2.05, 4.69) is 44.7 Å². The monoisotopic (exact) mass is 220 g/mol. The smallest absolute Gasteiger partial charge is 0.0372 e. The minimum absolute atomic E-state index is 0.568. The molecule has 0 aliphatic carbocycles. The average Bonchev–Trinajstić information content (AvgIpc) is 2.31. The summed E-state index contributed by atoms with van der Waals surface area (Å²) in [4.78, 5) is 2.49. The highest BCUT2D eigenvalue weighted by atomic mass is 15.2. The van der Waals surface area contributed by atoms with Crippen LogP contribution in [0.15, 0.2) is 24.3 Å². The Hall–Kier alpha value is -1.18. The van der Waals surface area contributed by atoms with Crippen molar-refractivity contribution in [3.63, 3.8) is 0 Å². The van der Waals surface area contributed by atoms with Gasteiger partial charge in [0.2, 0.25) is 0 Å². The minimum Gasteiger partial charge on any atom is -0.399 e. The molecule has 0 amide bonds. The van der Waals surface area contributed by atoms with Gasteiger partial charge in [-0.3, -0.25) is 0 Å². The molecule has 2 N–H and O–H groups in total. The predicted octanol–water partition coefficient (Wildman–Crippen LogP) is 3.67. The van der Waals surface area contributed by atoms with Crippen LogP contribution in [0.4, 0.5) is 11.4 Å². The predicted molar refractivity (Wildman–Crippen MR) is 72.8 cm³/mol. The molecule has 0 heterocycles. The maximum Gasteiger partial charge on any atom is 0.0372 e. The maximum atomic E-state index is 5.73. The lowest BCUT2D eigenvalue weighted by molar-refractivity contribution is 0.527. The maximum absolute atomic E-state index is 5.73. The van der Waals surface area contributed by atoms with E-state index in [-0.39, 0.29) is 0 Å². The third-order valence-corrected chi connectivity index (χ3v) is 3.32. The molecule has 1 aromatic rings. The van der Waals surface area contributed by atoms with E-state index < -0.39 is 0 Å². The highest BCUT2D eigenvalue weighted by Gasteiger charge is 2.17.